The zero-order valence-electron chi connectivity index (χ0n) is 10.2. The van der Waals surface area contributed by atoms with Crippen molar-refractivity contribution < 1.29 is 9.63 Å². The average molecular weight is 259 g/mol. The summed E-state index contributed by atoms with van der Waals surface area (Å²) in [6, 6.07) is 5.50. The molecule has 98 valence electrons. The average Bonchev–Trinajstić information content (AvgIpc) is 3.02. The number of hydrogen-bond acceptors (Lipinski definition) is 6. The molecule has 0 saturated heterocycles. The van der Waals surface area contributed by atoms with Gasteiger partial charge in [-0.25, -0.2) is 4.98 Å². The van der Waals surface area contributed by atoms with E-state index in [0.29, 0.717) is 30.3 Å². The second-order valence-corrected chi connectivity index (χ2v) is 4.18. The van der Waals surface area contributed by atoms with Crippen LogP contribution in [0.4, 0.5) is 5.69 Å². The van der Waals surface area contributed by atoms with Gasteiger partial charge in [0.1, 0.15) is 12.4 Å². The summed E-state index contributed by atoms with van der Waals surface area (Å²) in [7, 11) is 0. The molecule has 2 heterocycles. The Morgan fingerprint density at radius 3 is 3.00 bits per heavy atom. The number of nitrogen functional groups attached to an aromatic ring is 1. The van der Waals surface area contributed by atoms with Gasteiger partial charge in [0.05, 0.1) is 11.0 Å². The first-order chi connectivity index (χ1) is 9.28. The molecular formula is C12H13N5O2. The number of aryl methyl sites for hydroxylation is 2. The maximum absolute atomic E-state index is 9.38. The number of aliphatic hydroxyl groups is 1. The highest BCUT2D eigenvalue weighted by atomic mass is 16.5. The van der Waals surface area contributed by atoms with E-state index in [1.165, 1.54) is 6.39 Å². The van der Waals surface area contributed by atoms with E-state index in [2.05, 4.69) is 15.1 Å². The van der Waals surface area contributed by atoms with Crippen LogP contribution in [0, 0.1) is 0 Å². The fourth-order valence-corrected chi connectivity index (χ4v) is 2.08. The lowest BCUT2D eigenvalue weighted by atomic mass is 10.3. The van der Waals surface area contributed by atoms with E-state index in [1.807, 2.05) is 16.7 Å². The Bertz CT molecular complexity index is 690. The Balaban J connectivity index is 1.96. The van der Waals surface area contributed by atoms with Crippen LogP contribution in [-0.4, -0.2) is 24.8 Å². The number of aromatic nitrogens is 4. The summed E-state index contributed by atoms with van der Waals surface area (Å²) in [5.74, 6) is 1.23. The number of nitrogens with two attached hydrogens (primary N) is 1. The zero-order chi connectivity index (χ0) is 13.2. The molecule has 0 spiro atoms. The molecular weight excluding hydrogens is 246 g/mol. The fourth-order valence-electron chi connectivity index (χ4n) is 2.08. The topological polar surface area (TPSA) is 103 Å². The summed E-state index contributed by atoms with van der Waals surface area (Å²) in [6.45, 7) is 0.497. The molecule has 2 aromatic heterocycles. The highest BCUT2D eigenvalue weighted by Gasteiger charge is 2.11. The van der Waals surface area contributed by atoms with Crippen LogP contribution in [-0.2, 0) is 19.6 Å². The van der Waals surface area contributed by atoms with Gasteiger partial charge in [-0.2, -0.15) is 4.98 Å². The maximum atomic E-state index is 9.38. The van der Waals surface area contributed by atoms with E-state index < -0.39 is 0 Å². The van der Waals surface area contributed by atoms with Gasteiger partial charge in [0.2, 0.25) is 6.39 Å². The number of rotatable bonds is 4. The summed E-state index contributed by atoms with van der Waals surface area (Å²) in [4.78, 5) is 8.33. The van der Waals surface area contributed by atoms with Crippen molar-refractivity contribution in [2.24, 2.45) is 0 Å². The van der Waals surface area contributed by atoms with E-state index in [-0.39, 0.29) is 6.61 Å². The van der Waals surface area contributed by atoms with Crippen LogP contribution in [0.25, 0.3) is 11.0 Å². The van der Waals surface area contributed by atoms with Gasteiger partial charge >= 0.3 is 0 Å². The molecule has 7 nitrogen and oxygen atoms in total. The molecule has 19 heavy (non-hydrogen) atoms. The van der Waals surface area contributed by atoms with Gasteiger partial charge < -0.3 is 19.9 Å². The third-order valence-electron chi connectivity index (χ3n) is 2.96. The first kappa shape index (κ1) is 11.7. The summed E-state index contributed by atoms with van der Waals surface area (Å²) < 4.78 is 6.63. The first-order valence-corrected chi connectivity index (χ1v) is 5.88. The van der Waals surface area contributed by atoms with E-state index in [9.17, 15) is 5.11 Å². The minimum atomic E-state index is -0.124. The molecule has 0 bridgehead atoms. The Morgan fingerprint density at radius 1 is 1.37 bits per heavy atom. The smallest absolute Gasteiger partial charge is 0.213 e. The standard InChI is InChI=1S/C12H13N5O2/c13-8-1-2-10-9(5-8)15-12(6-18)17(10)4-3-11-14-7-19-16-11/h1-2,5,7,18H,3-4,6,13H2. The van der Waals surface area contributed by atoms with Crippen LogP contribution in [0.1, 0.15) is 11.6 Å². The van der Waals surface area contributed by atoms with E-state index >= 15 is 0 Å². The van der Waals surface area contributed by atoms with Gasteiger partial charge in [0, 0.05) is 18.7 Å². The third-order valence-corrected chi connectivity index (χ3v) is 2.96. The van der Waals surface area contributed by atoms with Crippen molar-refractivity contribution >= 4 is 16.7 Å². The Labute approximate surface area is 108 Å². The molecule has 3 rings (SSSR count). The van der Waals surface area contributed by atoms with Crippen LogP contribution in [0.2, 0.25) is 0 Å². The maximum Gasteiger partial charge on any atom is 0.213 e. The van der Waals surface area contributed by atoms with Crippen molar-refractivity contribution in [2.75, 3.05) is 5.73 Å². The molecule has 0 radical (unpaired) electrons. The minimum Gasteiger partial charge on any atom is -0.399 e. The van der Waals surface area contributed by atoms with Crippen molar-refractivity contribution in [1.82, 2.24) is 19.7 Å². The van der Waals surface area contributed by atoms with E-state index in [1.54, 1.807) is 6.07 Å². The number of nitrogens with zero attached hydrogens (tertiary/aromatic N) is 4. The van der Waals surface area contributed by atoms with Crippen molar-refractivity contribution in [3.05, 3.63) is 36.2 Å². The summed E-state index contributed by atoms with van der Waals surface area (Å²) in [5.41, 5.74) is 8.09. The van der Waals surface area contributed by atoms with Gasteiger partial charge in [-0.1, -0.05) is 5.16 Å². The highest BCUT2D eigenvalue weighted by Crippen LogP contribution is 2.19. The lowest BCUT2D eigenvalue weighted by molar-refractivity contribution is 0.265. The zero-order valence-corrected chi connectivity index (χ0v) is 10.2. The van der Waals surface area contributed by atoms with Crippen LogP contribution >= 0.6 is 0 Å². The van der Waals surface area contributed by atoms with Crippen LogP contribution in [0.5, 0.6) is 0 Å². The second kappa shape index (κ2) is 4.69. The number of imidazole rings is 1. The molecule has 0 fully saturated rings. The van der Waals surface area contributed by atoms with Gasteiger partial charge in [-0.05, 0) is 18.2 Å². The Morgan fingerprint density at radius 2 is 2.26 bits per heavy atom. The Hall–Kier alpha value is -2.41. The van der Waals surface area contributed by atoms with Gasteiger partial charge in [-0.3, -0.25) is 0 Å². The molecule has 0 unspecified atom stereocenters. The molecule has 0 aliphatic carbocycles. The molecule has 7 heteroatoms. The largest absolute Gasteiger partial charge is 0.399 e. The predicted molar refractivity (Wildman–Crippen MR) is 68.1 cm³/mol. The lowest BCUT2D eigenvalue weighted by Crippen LogP contribution is -2.07. The molecule has 3 aromatic rings. The number of anilines is 1. The molecule has 1 aromatic carbocycles. The van der Waals surface area contributed by atoms with Gasteiger partial charge in [0.15, 0.2) is 5.82 Å². The SMILES string of the molecule is Nc1ccc2c(c1)nc(CO)n2CCc1ncon1. The molecule has 0 amide bonds. The molecule has 0 aliphatic heterocycles. The van der Waals surface area contributed by atoms with Crippen molar-refractivity contribution in [3.63, 3.8) is 0 Å². The molecule has 3 N–H and O–H groups in total. The number of aliphatic hydroxyl groups excluding tert-OH is 1. The minimum absolute atomic E-state index is 0.124. The summed E-state index contributed by atoms with van der Waals surface area (Å²) >= 11 is 0. The quantitative estimate of drug-likeness (QED) is 0.670. The summed E-state index contributed by atoms with van der Waals surface area (Å²) in [5, 5.41) is 13.1. The number of fused-ring (bicyclic) bond motifs is 1. The van der Waals surface area contributed by atoms with Crippen LogP contribution in [0.3, 0.4) is 0 Å². The second-order valence-electron chi connectivity index (χ2n) is 4.18. The van der Waals surface area contributed by atoms with E-state index in [4.69, 9.17) is 10.3 Å². The fraction of sp³-hybridized carbons (Fsp3) is 0.250. The number of hydrogen-bond donors (Lipinski definition) is 2. The van der Waals surface area contributed by atoms with Gasteiger partial charge in [-0.15, -0.1) is 0 Å². The monoisotopic (exact) mass is 259 g/mol. The van der Waals surface area contributed by atoms with Gasteiger partial charge in [0.25, 0.3) is 0 Å². The molecule has 0 aliphatic rings. The third kappa shape index (κ3) is 2.15. The highest BCUT2D eigenvalue weighted by molar-refractivity contribution is 5.79. The normalized spacial score (nSPS) is 11.2. The van der Waals surface area contributed by atoms with Crippen molar-refractivity contribution in [1.29, 1.82) is 0 Å². The van der Waals surface area contributed by atoms with Crippen LogP contribution in [0.15, 0.2) is 29.1 Å². The Kier molecular flexibility index (Phi) is 2.88. The van der Waals surface area contributed by atoms with Crippen molar-refractivity contribution in [3.8, 4) is 0 Å². The number of benzene rings is 1. The summed E-state index contributed by atoms with van der Waals surface area (Å²) in [6.07, 6.45) is 1.91. The first-order valence-electron chi connectivity index (χ1n) is 5.88. The lowest BCUT2D eigenvalue weighted by Gasteiger charge is -2.05. The van der Waals surface area contributed by atoms with Crippen LogP contribution < -0.4 is 5.73 Å². The molecule has 0 saturated carbocycles. The predicted octanol–water partition coefficient (Wildman–Crippen LogP) is 0.737. The van der Waals surface area contributed by atoms with E-state index in [0.717, 1.165) is 11.0 Å². The molecule has 0 atom stereocenters. The van der Waals surface area contributed by atoms with Crippen molar-refractivity contribution in [2.45, 2.75) is 19.6 Å².